The van der Waals surface area contributed by atoms with Gasteiger partial charge in [-0.05, 0) is 43.3 Å². The van der Waals surface area contributed by atoms with E-state index < -0.39 is 36.1 Å². The molecule has 1 aliphatic heterocycles. The van der Waals surface area contributed by atoms with E-state index in [1.807, 2.05) is 14.7 Å². The standard InChI is InChI=1S/C23H33N3O9S2.2Na/c1-17(27)14-24-6-8-25(15-18-12-20(36(30,31)32)2-4-22(18)28)10-11-26(9-7-24)16-19-13-21(37(33,34)35)3-5-23(19)29;;/h2-5,12-13,17,27-29H,6-11,14-16H2,1H3,(H,30,31,32)(H,33,34,35);;/q;2*+1/p-2/t17-;;/m0../s1. The maximum Gasteiger partial charge on any atom is 1.00 e. The van der Waals surface area contributed by atoms with Gasteiger partial charge in [0.1, 0.15) is 31.7 Å². The Morgan fingerprint density at radius 2 is 1.05 bits per heavy atom. The molecule has 0 aromatic heterocycles. The van der Waals surface area contributed by atoms with Gasteiger partial charge in [0, 0.05) is 70.0 Å². The third kappa shape index (κ3) is 11.5. The van der Waals surface area contributed by atoms with Gasteiger partial charge >= 0.3 is 59.1 Å². The minimum Gasteiger partial charge on any atom is -0.744 e. The zero-order valence-corrected chi connectivity index (χ0v) is 28.0. The fourth-order valence-corrected chi connectivity index (χ4v) is 5.27. The molecule has 0 bridgehead atoms. The van der Waals surface area contributed by atoms with Crippen molar-refractivity contribution in [3.63, 3.8) is 0 Å². The van der Waals surface area contributed by atoms with Crippen LogP contribution in [0.1, 0.15) is 18.1 Å². The van der Waals surface area contributed by atoms with Crippen LogP contribution in [0.3, 0.4) is 0 Å². The molecule has 0 saturated carbocycles. The molecule has 206 valence electrons. The Balaban J connectivity index is 0.00000380. The molecule has 1 aliphatic rings. The number of phenolic OH excluding ortho intramolecular Hbond substituents is 2. The molecule has 39 heavy (non-hydrogen) atoms. The first-order valence-corrected chi connectivity index (χ1v) is 14.4. The van der Waals surface area contributed by atoms with Crippen LogP contribution < -0.4 is 59.1 Å². The van der Waals surface area contributed by atoms with Crippen molar-refractivity contribution >= 4 is 20.2 Å². The Kier molecular flexibility index (Phi) is 14.9. The van der Waals surface area contributed by atoms with Gasteiger partial charge in [-0.15, -0.1) is 0 Å². The van der Waals surface area contributed by atoms with Crippen molar-refractivity contribution in [2.45, 2.75) is 35.9 Å². The summed E-state index contributed by atoms with van der Waals surface area (Å²) in [6, 6.07) is 6.75. The third-order valence-electron chi connectivity index (χ3n) is 6.19. The predicted octanol–water partition coefficient (Wildman–Crippen LogP) is -6.09. The van der Waals surface area contributed by atoms with E-state index in [9.17, 15) is 41.3 Å². The number of aliphatic hydroxyl groups excluding tert-OH is 1. The molecule has 0 aliphatic carbocycles. The molecule has 0 radical (unpaired) electrons. The van der Waals surface area contributed by atoms with Gasteiger partial charge in [0.25, 0.3) is 0 Å². The van der Waals surface area contributed by atoms with Crippen molar-refractivity contribution in [1.29, 1.82) is 0 Å². The van der Waals surface area contributed by atoms with Gasteiger partial charge in [-0.2, -0.15) is 0 Å². The van der Waals surface area contributed by atoms with Crippen molar-refractivity contribution in [1.82, 2.24) is 14.7 Å². The quantitative estimate of drug-likeness (QED) is 0.192. The number of hydrogen-bond donors (Lipinski definition) is 3. The van der Waals surface area contributed by atoms with E-state index in [0.29, 0.717) is 45.8 Å². The van der Waals surface area contributed by atoms with Gasteiger partial charge in [-0.3, -0.25) is 14.7 Å². The molecule has 12 nitrogen and oxygen atoms in total. The molecule has 0 spiro atoms. The van der Waals surface area contributed by atoms with E-state index in [-0.39, 0.29) is 94.8 Å². The Hall–Kier alpha value is -0.300. The fraction of sp³-hybridized carbons (Fsp3) is 0.478. The van der Waals surface area contributed by atoms with Gasteiger partial charge in [0.05, 0.1) is 15.9 Å². The number of aromatic hydroxyl groups is 2. The molecule has 16 heteroatoms. The smallest absolute Gasteiger partial charge is 0.744 e. The summed E-state index contributed by atoms with van der Waals surface area (Å²) < 4.78 is 68.7. The average molecular weight is 604 g/mol. The van der Waals surface area contributed by atoms with Crippen LogP contribution in [0.2, 0.25) is 0 Å². The number of β-amino-alcohol motifs (C(OH)–C–C–N with tert-alkyl or cyclic N) is 1. The first kappa shape index (κ1) is 36.7. The molecule has 1 fully saturated rings. The average Bonchev–Trinajstić information content (AvgIpc) is 2.87. The van der Waals surface area contributed by atoms with Crippen LogP contribution in [0.4, 0.5) is 0 Å². The van der Waals surface area contributed by atoms with Gasteiger partial charge < -0.3 is 24.4 Å². The van der Waals surface area contributed by atoms with Crippen LogP contribution in [0, 0.1) is 0 Å². The Bertz CT molecular complexity index is 1220. The maximum absolute atomic E-state index is 11.4. The molecule has 2 aromatic rings. The normalized spacial score (nSPS) is 17.2. The molecule has 3 rings (SSSR count). The summed E-state index contributed by atoms with van der Waals surface area (Å²) in [5, 5.41) is 30.5. The van der Waals surface area contributed by atoms with E-state index in [4.69, 9.17) is 0 Å². The van der Waals surface area contributed by atoms with Crippen LogP contribution in [-0.2, 0) is 33.3 Å². The van der Waals surface area contributed by atoms with Crippen LogP contribution in [0.25, 0.3) is 0 Å². The zero-order valence-electron chi connectivity index (χ0n) is 22.4. The van der Waals surface area contributed by atoms with Crippen molar-refractivity contribution in [3.05, 3.63) is 47.5 Å². The van der Waals surface area contributed by atoms with E-state index >= 15 is 0 Å². The van der Waals surface area contributed by atoms with E-state index in [1.165, 1.54) is 12.1 Å². The topological polar surface area (TPSA) is 185 Å². The molecule has 0 amide bonds. The molecule has 0 unspecified atom stereocenters. The van der Waals surface area contributed by atoms with E-state index in [0.717, 1.165) is 24.3 Å². The fourth-order valence-electron chi connectivity index (χ4n) is 4.23. The summed E-state index contributed by atoms with van der Waals surface area (Å²) in [4.78, 5) is 5.08. The van der Waals surface area contributed by atoms with E-state index in [2.05, 4.69) is 0 Å². The van der Waals surface area contributed by atoms with Gasteiger partial charge in [0.2, 0.25) is 0 Å². The molecule has 3 N–H and O–H groups in total. The number of rotatable bonds is 8. The summed E-state index contributed by atoms with van der Waals surface area (Å²) in [6.45, 7) is 5.44. The molecule has 1 atom stereocenters. The van der Waals surface area contributed by atoms with Crippen LogP contribution >= 0.6 is 0 Å². The number of aliphatic hydroxyl groups is 1. The first-order chi connectivity index (χ1) is 17.2. The molecule has 2 aromatic carbocycles. The second-order valence-corrected chi connectivity index (χ2v) is 12.0. The second kappa shape index (κ2) is 15.8. The van der Waals surface area contributed by atoms with Crippen molar-refractivity contribution in [2.24, 2.45) is 0 Å². The summed E-state index contributed by atoms with van der Waals surface area (Å²) >= 11 is 0. The van der Waals surface area contributed by atoms with Crippen molar-refractivity contribution in [3.8, 4) is 11.5 Å². The monoisotopic (exact) mass is 603 g/mol. The van der Waals surface area contributed by atoms with Crippen molar-refractivity contribution < 1.29 is 100 Å². The van der Waals surface area contributed by atoms with Gasteiger partial charge in [-0.1, -0.05) is 0 Å². The Labute approximate surface area is 273 Å². The van der Waals surface area contributed by atoms with Gasteiger partial charge in [0.15, 0.2) is 0 Å². The van der Waals surface area contributed by atoms with Crippen LogP contribution in [-0.4, -0.2) is 108 Å². The second-order valence-electron chi connectivity index (χ2n) is 9.19. The number of phenols is 2. The Morgan fingerprint density at radius 3 is 1.36 bits per heavy atom. The molecule has 1 heterocycles. The molecule has 1 saturated heterocycles. The number of benzene rings is 2. The molecular weight excluding hydrogens is 572 g/mol. The maximum atomic E-state index is 11.4. The SMILES string of the molecule is C[C@H](O)CN1CCN(Cc2cc(S(=O)(=O)[O-])ccc2O)CCN(Cc2cc(S(=O)(=O)[O-])ccc2O)CC1.[Na+].[Na+]. The van der Waals surface area contributed by atoms with E-state index in [1.54, 1.807) is 6.92 Å². The van der Waals surface area contributed by atoms with Crippen LogP contribution in [0.15, 0.2) is 46.2 Å². The third-order valence-corrected chi connectivity index (χ3v) is 7.85. The largest absolute Gasteiger partial charge is 1.00 e. The summed E-state index contributed by atoms with van der Waals surface area (Å²) in [5.41, 5.74) is 0.548. The minimum atomic E-state index is -4.70. The minimum absolute atomic E-state index is 0. The van der Waals surface area contributed by atoms with Crippen LogP contribution in [0.5, 0.6) is 11.5 Å². The van der Waals surface area contributed by atoms with Crippen molar-refractivity contribution in [2.75, 3.05) is 45.8 Å². The first-order valence-electron chi connectivity index (χ1n) is 11.6. The van der Waals surface area contributed by atoms with Gasteiger partial charge in [-0.25, -0.2) is 16.8 Å². The number of hydrogen-bond acceptors (Lipinski definition) is 12. The predicted molar refractivity (Wildman–Crippen MR) is 131 cm³/mol. The number of nitrogens with zero attached hydrogens (tertiary/aromatic N) is 3. The molecular formula is C23H31N3Na2O9S2. The summed E-state index contributed by atoms with van der Waals surface area (Å²) in [6.07, 6.45) is -0.589. The summed E-state index contributed by atoms with van der Waals surface area (Å²) in [7, 11) is -9.40. The summed E-state index contributed by atoms with van der Waals surface area (Å²) in [5.74, 6) is -0.295. The Morgan fingerprint density at radius 1 is 0.718 bits per heavy atom. The zero-order chi connectivity index (χ0) is 27.4.